The zero-order valence-electron chi connectivity index (χ0n) is 9.94. The van der Waals surface area contributed by atoms with Gasteiger partial charge in [-0.3, -0.25) is 0 Å². The highest BCUT2D eigenvalue weighted by Crippen LogP contribution is 2.24. The van der Waals surface area contributed by atoms with E-state index in [1.54, 1.807) is 0 Å². The number of sulfonamides is 1. The van der Waals surface area contributed by atoms with Crippen molar-refractivity contribution in [1.29, 1.82) is 0 Å². The zero-order chi connectivity index (χ0) is 13.9. The van der Waals surface area contributed by atoms with Crippen molar-refractivity contribution in [2.24, 2.45) is 0 Å². The molecular weight excluding hydrogens is 270 g/mol. The highest BCUT2D eigenvalue weighted by molar-refractivity contribution is 7.92. The van der Waals surface area contributed by atoms with Crippen LogP contribution < -0.4 is 15.2 Å². The molecule has 0 saturated heterocycles. The van der Waals surface area contributed by atoms with Crippen LogP contribution in [0.15, 0.2) is 35.5 Å². The Balaban J connectivity index is 2.32. The molecule has 2 aromatic rings. The minimum Gasteiger partial charge on any atom is -0.495 e. The Hall–Kier alpha value is -2.42. The number of aromatic nitrogens is 3. The van der Waals surface area contributed by atoms with E-state index in [1.807, 2.05) is 0 Å². The Morgan fingerprint density at radius 1 is 1.32 bits per heavy atom. The molecule has 0 radical (unpaired) electrons. The van der Waals surface area contributed by atoms with Crippen molar-refractivity contribution in [3.63, 3.8) is 0 Å². The Labute approximate surface area is 109 Å². The van der Waals surface area contributed by atoms with Crippen molar-refractivity contribution < 1.29 is 13.2 Å². The van der Waals surface area contributed by atoms with Gasteiger partial charge in [-0.25, -0.2) is 18.1 Å². The Morgan fingerprint density at radius 3 is 2.68 bits per heavy atom. The SMILES string of the molecule is COc1ccc(S(=O)(=O)Nc2nccnn2)cc1N. The lowest BCUT2D eigenvalue weighted by atomic mass is 10.3. The van der Waals surface area contributed by atoms with Crippen LogP contribution in [0.3, 0.4) is 0 Å². The van der Waals surface area contributed by atoms with Crippen molar-refractivity contribution in [3.05, 3.63) is 30.6 Å². The lowest BCUT2D eigenvalue weighted by Crippen LogP contribution is -2.15. The zero-order valence-corrected chi connectivity index (χ0v) is 10.8. The molecule has 0 atom stereocenters. The number of nitrogens with one attached hydrogen (secondary N) is 1. The van der Waals surface area contributed by atoms with Crippen molar-refractivity contribution >= 4 is 21.7 Å². The minimum absolute atomic E-state index is 0.0155. The van der Waals surface area contributed by atoms with E-state index < -0.39 is 10.0 Å². The molecule has 1 heterocycles. The van der Waals surface area contributed by atoms with Crippen LogP contribution >= 0.6 is 0 Å². The molecule has 1 aromatic carbocycles. The molecule has 9 heteroatoms. The van der Waals surface area contributed by atoms with E-state index in [0.29, 0.717) is 5.75 Å². The third kappa shape index (κ3) is 2.88. The van der Waals surface area contributed by atoms with Crippen LogP contribution in [0.2, 0.25) is 0 Å². The molecule has 19 heavy (non-hydrogen) atoms. The molecule has 0 fully saturated rings. The van der Waals surface area contributed by atoms with E-state index in [4.69, 9.17) is 10.5 Å². The molecule has 1 aromatic heterocycles. The summed E-state index contributed by atoms with van der Waals surface area (Å²) in [6.45, 7) is 0. The molecule has 0 saturated carbocycles. The number of benzene rings is 1. The van der Waals surface area contributed by atoms with Gasteiger partial charge >= 0.3 is 0 Å². The molecule has 100 valence electrons. The first-order chi connectivity index (χ1) is 9.03. The molecule has 0 aliphatic rings. The quantitative estimate of drug-likeness (QED) is 0.771. The van der Waals surface area contributed by atoms with Crippen molar-refractivity contribution in [2.75, 3.05) is 17.6 Å². The number of nitrogen functional groups attached to an aromatic ring is 1. The number of nitrogens with two attached hydrogens (primary N) is 1. The first kappa shape index (κ1) is 13.0. The summed E-state index contributed by atoms with van der Waals surface area (Å²) < 4.78 is 31.2. The number of rotatable bonds is 4. The summed E-state index contributed by atoms with van der Waals surface area (Å²) >= 11 is 0. The van der Waals surface area contributed by atoms with E-state index in [2.05, 4.69) is 19.9 Å². The summed E-state index contributed by atoms with van der Waals surface area (Å²) in [6.07, 6.45) is 2.66. The molecule has 2 rings (SSSR count). The minimum atomic E-state index is -3.81. The first-order valence-electron chi connectivity index (χ1n) is 5.13. The average molecular weight is 281 g/mol. The fraction of sp³-hybridized carbons (Fsp3) is 0.100. The third-order valence-corrected chi connectivity index (χ3v) is 3.55. The van der Waals surface area contributed by atoms with Crippen LogP contribution in [0.4, 0.5) is 11.6 Å². The van der Waals surface area contributed by atoms with Gasteiger partial charge in [-0.2, -0.15) is 5.10 Å². The van der Waals surface area contributed by atoms with Gasteiger partial charge < -0.3 is 10.5 Å². The van der Waals surface area contributed by atoms with E-state index in [0.717, 1.165) is 0 Å². The number of hydrogen-bond donors (Lipinski definition) is 2. The molecule has 0 unspecified atom stereocenters. The van der Waals surface area contributed by atoms with Crippen LogP contribution in [0.25, 0.3) is 0 Å². The van der Waals surface area contributed by atoms with E-state index >= 15 is 0 Å². The number of methoxy groups -OCH3 is 1. The second-order valence-electron chi connectivity index (χ2n) is 3.48. The van der Waals surface area contributed by atoms with Gasteiger partial charge in [0, 0.05) is 0 Å². The Kier molecular flexibility index (Phi) is 3.47. The van der Waals surface area contributed by atoms with Crippen LogP contribution in [0.5, 0.6) is 5.75 Å². The number of nitrogens with zero attached hydrogens (tertiary/aromatic N) is 3. The topological polar surface area (TPSA) is 120 Å². The lowest BCUT2D eigenvalue weighted by Gasteiger charge is -2.08. The normalized spacial score (nSPS) is 11.0. The maximum Gasteiger partial charge on any atom is 0.264 e. The summed E-state index contributed by atoms with van der Waals surface area (Å²) in [5.41, 5.74) is 5.88. The first-order valence-corrected chi connectivity index (χ1v) is 6.61. The molecule has 0 spiro atoms. The molecule has 8 nitrogen and oxygen atoms in total. The van der Waals surface area contributed by atoms with Gasteiger partial charge in [0.15, 0.2) is 0 Å². The largest absolute Gasteiger partial charge is 0.495 e. The molecule has 0 bridgehead atoms. The predicted molar refractivity (Wildman–Crippen MR) is 68.0 cm³/mol. The lowest BCUT2D eigenvalue weighted by molar-refractivity contribution is 0.416. The summed E-state index contributed by atoms with van der Waals surface area (Å²) in [7, 11) is -2.37. The maximum absolute atomic E-state index is 12.0. The second kappa shape index (κ2) is 5.06. The van der Waals surface area contributed by atoms with Gasteiger partial charge in [0.1, 0.15) is 5.75 Å². The van der Waals surface area contributed by atoms with Crippen molar-refractivity contribution in [1.82, 2.24) is 15.2 Å². The van der Waals surface area contributed by atoms with E-state index in [9.17, 15) is 8.42 Å². The van der Waals surface area contributed by atoms with Crippen molar-refractivity contribution in [2.45, 2.75) is 4.90 Å². The van der Waals surface area contributed by atoms with Crippen LogP contribution in [0, 0.1) is 0 Å². The van der Waals surface area contributed by atoms with Crippen molar-refractivity contribution in [3.8, 4) is 5.75 Å². The van der Waals surface area contributed by atoms with Gasteiger partial charge in [-0.15, -0.1) is 5.10 Å². The average Bonchev–Trinajstić information content (AvgIpc) is 2.39. The second-order valence-corrected chi connectivity index (χ2v) is 5.16. The molecule has 0 aliphatic carbocycles. The summed E-state index contributed by atoms with van der Waals surface area (Å²) in [5.74, 6) is 0.286. The number of anilines is 2. The summed E-state index contributed by atoms with van der Waals surface area (Å²) in [4.78, 5) is 3.71. The van der Waals surface area contributed by atoms with E-state index in [1.165, 1.54) is 37.7 Å². The van der Waals surface area contributed by atoms with Crippen LogP contribution in [-0.2, 0) is 10.0 Å². The third-order valence-electron chi connectivity index (χ3n) is 2.22. The van der Waals surface area contributed by atoms with Crippen LogP contribution in [-0.4, -0.2) is 30.7 Å². The van der Waals surface area contributed by atoms with E-state index in [-0.39, 0.29) is 16.5 Å². The van der Waals surface area contributed by atoms with Gasteiger partial charge in [-0.05, 0) is 18.2 Å². The van der Waals surface area contributed by atoms with Crippen LogP contribution in [0.1, 0.15) is 0 Å². The van der Waals surface area contributed by atoms with Gasteiger partial charge in [-0.1, -0.05) is 0 Å². The molecule has 0 aliphatic heterocycles. The summed E-state index contributed by atoms with van der Waals surface area (Å²) in [5, 5.41) is 7.06. The van der Waals surface area contributed by atoms with Gasteiger partial charge in [0.2, 0.25) is 0 Å². The highest BCUT2D eigenvalue weighted by Gasteiger charge is 2.17. The Morgan fingerprint density at radius 2 is 2.11 bits per heavy atom. The monoisotopic (exact) mass is 281 g/mol. The highest BCUT2D eigenvalue weighted by atomic mass is 32.2. The maximum atomic E-state index is 12.0. The van der Waals surface area contributed by atoms with Gasteiger partial charge in [0.05, 0.1) is 30.1 Å². The number of hydrogen-bond acceptors (Lipinski definition) is 7. The molecule has 0 amide bonds. The summed E-state index contributed by atoms with van der Waals surface area (Å²) in [6, 6.07) is 4.12. The molecular formula is C10H11N5O3S. The molecule has 3 N–H and O–H groups in total. The standard InChI is InChI=1S/C10H11N5O3S/c1-18-9-3-2-7(6-8(9)11)19(16,17)15-10-12-4-5-13-14-10/h2-6H,11H2,1H3,(H,12,14,15). The smallest absolute Gasteiger partial charge is 0.264 e. The van der Waals surface area contributed by atoms with Gasteiger partial charge in [0.25, 0.3) is 16.0 Å². The Bertz CT molecular complexity index is 675. The fourth-order valence-corrected chi connectivity index (χ4v) is 2.33. The number of ether oxygens (including phenoxy) is 1. The fourth-order valence-electron chi connectivity index (χ4n) is 1.35. The predicted octanol–water partition coefficient (Wildman–Crippen LogP) is 0.263.